The highest BCUT2D eigenvalue weighted by atomic mass is 35.5. The van der Waals surface area contributed by atoms with Crippen LogP contribution in [0.4, 0.5) is 17.1 Å². The number of fused-ring (bicyclic) bond motifs is 1. The van der Waals surface area contributed by atoms with Gasteiger partial charge in [-0.15, -0.1) is 0 Å². The van der Waals surface area contributed by atoms with E-state index in [1.54, 1.807) is 12.4 Å². The van der Waals surface area contributed by atoms with Crippen molar-refractivity contribution < 1.29 is 9.47 Å². The summed E-state index contributed by atoms with van der Waals surface area (Å²) in [6, 6.07) is 12.3. The number of hydrogen-bond donors (Lipinski definition) is 1. The molecule has 2 aromatic carbocycles. The normalized spacial score (nSPS) is 16.4. The molecule has 0 unspecified atom stereocenters. The summed E-state index contributed by atoms with van der Waals surface area (Å²) in [6.07, 6.45) is 7.31. The number of halogens is 1. The molecule has 0 saturated carbocycles. The molecule has 4 aromatic rings. The highest BCUT2D eigenvalue weighted by Gasteiger charge is 2.21. The Morgan fingerprint density at radius 2 is 1.93 bits per heavy atom. The number of morpholine rings is 1. The second kappa shape index (κ2) is 14.7. The van der Waals surface area contributed by atoms with Crippen molar-refractivity contribution in [1.29, 1.82) is 5.26 Å². The van der Waals surface area contributed by atoms with Gasteiger partial charge in [0.2, 0.25) is 0 Å². The lowest BCUT2D eigenvalue weighted by Gasteiger charge is -2.27. The minimum atomic E-state index is 0.451. The van der Waals surface area contributed by atoms with E-state index in [9.17, 15) is 5.26 Å². The summed E-state index contributed by atoms with van der Waals surface area (Å²) in [6.45, 7) is 9.00. The topological polar surface area (TPSA) is 94.7 Å². The summed E-state index contributed by atoms with van der Waals surface area (Å²) in [7, 11) is 4.13. The summed E-state index contributed by atoms with van der Waals surface area (Å²) in [5.74, 6) is 0.814. The molecule has 12 heteroatoms. The molecule has 0 spiro atoms. The number of aryl methyl sites for hydroxylation is 1. The second-order valence-electron chi connectivity index (χ2n) is 11.5. The van der Waals surface area contributed by atoms with Crippen molar-refractivity contribution in [3.05, 3.63) is 59.5 Å². The van der Waals surface area contributed by atoms with Crippen LogP contribution >= 0.6 is 23.4 Å². The third kappa shape index (κ3) is 7.65. The van der Waals surface area contributed by atoms with E-state index >= 15 is 0 Å². The Morgan fingerprint density at radius 3 is 2.71 bits per heavy atom. The van der Waals surface area contributed by atoms with Crippen molar-refractivity contribution in [3.63, 3.8) is 0 Å². The molecule has 0 amide bonds. The number of likely N-dealkylation sites (N-methyl/N-ethyl adjacent to an activating group) is 1. The molecule has 1 N–H and O–H groups in total. The second-order valence-corrected chi connectivity index (χ2v) is 12.9. The lowest BCUT2D eigenvalue weighted by Crippen LogP contribution is -2.37. The number of ether oxygens (including phenoxy) is 2. The number of imidazole rings is 1. The highest BCUT2D eigenvalue weighted by Crippen LogP contribution is 2.40. The fraction of sp³-hybridized carbons (Fsp3) is 0.424. The minimum Gasteiger partial charge on any atom is -0.491 e. The van der Waals surface area contributed by atoms with E-state index < -0.39 is 0 Å². The zero-order chi connectivity index (χ0) is 31.2. The molecule has 2 aromatic heterocycles. The van der Waals surface area contributed by atoms with Gasteiger partial charge in [-0.1, -0.05) is 23.4 Å². The maximum absolute atomic E-state index is 10.1. The molecule has 2 saturated heterocycles. The maximum atomic E-state index is 10.1. The molecule has 2 aliphatic rings. The Balaban J connectivity index is 1.30. The summed E-state index contributed by atoms with van der Waals surface area (Å²) >= 11 is 8.23. The summed E-state index contributed by atoms with van der Waals surface area (Å²) in [4.78, 5) is 17.2. The fourth-order valence-electron chi connectivity index (χ4n) is 5.73. The summed E-state index contributed by atoms with van der Waals surface area (Å²) < 4.78 is 14.0. The van der Waals surface area contributed by atoms with Gasteiger partial charge in [0.15, 0.2) is 5.16 Å². The van der Waals surface area contributed by atoms with Gasteiger partial charge in [-0.2, -0.15) is 5.26 Å². The van der Waals surface area contributed by atoms with Crippen molar-refractivity contribution in [1.82, 2.24) is 24.3 Å². The first kappa shape index (κ1) is 31.5. The van der Waals surface area contributed by atoms with E-state index in [1.807, 2.05) is 36.0 Å². The van der Waals surface area contributed by atoms with Gasteiger partial charge in [-0.3, -0.25) is 9.88 Å². The zero-order valence-corrected chi connectivity index (χ0v) is 27.4. The van der Waals surface area contributed by atoms with E-state index in [1.165, 1.54) is 11.8 Å². The van der Waals surface area contributed by atoms with Gasteiger partial charge in [0, 0.05) is 80.9 Å². The van der Waals surface area contributed by atoms with E-state index in [0.717, 1.165) is 110 Å². The number of nitrogens with zero attached hydrogens (tertiary/aromatic N) is 7. The molecule has 0 bridgehead atoms. The van der Waals surface area contributed by atoms with Crippen LogP contribution in [0.25, 0.3) is 10.9 Å². The molecule has 45 heavy (non-hydrogen) atoms. The first-order chi connectivity index (χ1) is 22.0. The van der Waals surface area contributed by atoms with Crippen molar-refractivity contribution in [2.24, 2.45) is 7.05 Å². The number of nitrogens with one attached hydrogen (secondary N) is 1. The first-order valence-corrected chi connectivity index (χ1v) is 16.6. The van der Waals surface area contributed by atoms with Gasteiger partial charge in [-0.05, 0) is 56.8 Å². The number of rotatable bonds is 10. The average Bonchev–Trinajstić information content (AvgIpc) is 3.33. The largest absolute Gasteiger partial charge is 0.491 e. The Hall–Kier alpha value is -3.53. The number of pyridine rings is 1. The quantitative estimate of drug-likeness (QED) is 0.219. The number of hydrogen-bond acceptors (Lipinski definition) is 10. The predicted octanol–water partition coefficient (Wildman–Crippen LogP) is 5.63. The molecule has 2 aliphatic heterocycles. The fourth-order valence-corrected chi connectivity index (χ4v) is 6.83. The van der Waals surface area contributed by atoms with Gasteiger partial charge in [0.1, 0.15) is 11.8 Å². The van der Waals surface area contributed by atoms with Gasteiger partial charge in [0.25, 0.3) is 0 Å². The molecular weight excluding hydrogens is 608 g/mol. The van der Waals surface area contributed by atoms with Crippen molar-refractivity contribution in [3.8, 4) is 11.8 Å². The monoisotopic (exact) mass is 646 g/mol. The number of anilines is 3. The molecule has 0 atom stereocenters. The summed E-state index contributed by atoms with van der Waals surface area (Å²) in [5.41, 5.74) is 3.76. The minimum absolute atomic E-state index is 0.451. The Kier molecular flexibility index (Phi) is 10.3. The standard InChI is InChI=1S/C33H39ClN8O2S/c1-39-8-3-10-42(13-12-39)29-21-28-26(20-30(29)44-16-4-9-41-14-17-43-18-15-41)32(24(22-35)23-37-28)38-25-5-6-31(27(34)19-25)45-33-36-7-11-40(33)2/h5-7,11,19-21,23H,3-4,8-10,12-18H2,1-2H3,(H,37,38). The smallest absolute Gasteiger partial charge is 0.172 e. The van der Waals surface area contributed by atoms with Gasteiger partial charge < -0.3 is 29.2 Å². The van der Waals surface area contributed by atoms with Gasteiger partial charge >= 0.3 is 0 Å². The van der Waals surface area contributed by atoms with Crippen LogP contribution in [-0.4, -0.2) is 97.0 Å². The maximum Gasteiger partial charge on any atom is 0.172 e. The number of nitriles is 1. The van der Waals surface area contributed by atoms with E-state index in [0.29, 0.717) is 22.9 Å². The summed E-state index contributed by atoms with van der Waals surface area (Å²) in [5, 5.41) is 15.8. The Morgan fingerprint density at radius 1 is 1.07 bits per heavy atom. The van der Waals surface area contributed by atoms with Crippen LogP contribution in [0.5, 0.6) is 5.75 Å². The Bertz CT molecular complexity index is 1670. The predicted molar refractivity (Wildman–Crippen MR) is 180 cm³/mol. The Labute approximate surface area is 273 Å². The third-order valence-electron chi connectivity index (χ3n) is 8.29. The molecule has 236 valence electrons. The van der Waals surface area contributed by atoms with Crippen LogP contribution in [0.15, 0.2) is 59.0 Å². The zero-order valence-electron chi connectivity index (χ0n) is 25.8. The third-order valence-corrected chi connectivity index (χ3v) is 9.87. The van der Waals surface area contributed by atoms with Gasteiger partial charge in [0.05, 0.1) is 47.3 Å². The van der Waals surface area contributed by atoms with Crippen LogP contribution in [0.3, 0.4) is 0 Å². The van der Waals surface area contributed by atoms with Crippen LogP contribution in [-0.2, 0) is 11.8 Å². The molecule has 4 heterocycles. The van der Waals surface area contributed by atoms with Gasteiger partial charge in [-0.25, -0.2) is 4.98 Å². The molecule has 0 aliphatic carbocycles. The van der Waals surface area contributed by atoms with E-state index in [4.69, 9.17) is 26.1 Å². The van der Waals surface area contributed by atoms with Crippen LogP contribution in [0.2, 0.25) is 5.02 Å². The average molecular weight is 647 g/mol. The molecule has 2 fully saturated rings. The molecular formula is C33H39ClN8O2S. The molecule has 6 rings (SSSR count). The van der Waals surface area contributed by atoms with E-state index in [2.05, 4.69) is 50.3 Å². The van der Waals surface area contributed by atoms with Crippen LogP contribution < -0.4 is 15.0 Å². The molecule has 0 radical (unpaired) electrons. The van der Waals surface area contributed by atoms with Crippen molar-refractivity contribution >= 4 is 51.3 Å². The van der Waals surface area contributed by atoms with E-state index in [-0.39, 0.29) is 0 Å². The van der Waals surface area contributed by atoms with Crippen LogP contribution in [0, 0.1) is 11.3 Å². The number of aromatic nitrogens is 3. The lowest BCUT2D eigenvalue weighted by molar-refractivity contribution is 0.0358. The molecule has 10 nitrogen and oxygen atoms in total. The van der Waals surface area contributed by atoms with Crippen molar-refractivity contribution in [2.75, 3.05) is 82.9 Å². The lowest BCUT2D eigenvalue weighted by atomic mass is 10.1. The van der Waals surface area contributed by atoms with Crippen LogP contribution in [0.1, 0.15) is 18.4 Å². The SMILES string of the molecule is CN1CCCN(c2cc3ncc(C#N)c(Nc4ccc(Sc5nccn5C)c(Cl)c4)c3cc2OCCCN2CCOCC2)CC1. The number of benzene rings is 2. The first-order valence-electron chi connectivity index (χ1n) is 15.4. The highest BCUT2D eigenvalue weighted by molar-refractivity contribution is 7.99. The van der Waals surface area contributed by atoms with Crippen molar-refractivity contribution in [2.45, 2.75) is 22.9 Å².